The number of carbonyl (C=O) groups is 1. The van der Waals surface area contributed by atoms with Gasteiger partial charge in [0, 0.05) is 50.8 Å². The number of piperazine rings is 1. The third-order valence-electron chi connectivity index (χ3n) is 9.24. The van der Waals surface area contributed by atoms with Crippen LogP contribution in [0.25, 0.3) is 16.7 Å². The average Bonchev–Trinajstić information content (AvgIpc) is 3.04. The van der Waals surface area contributed by atoms with Gasteiger partial charge >= 0.3 is 0 Å². The molecule has 9 nitrogen and oxygen atoms in total. The summed E-state index contributed by atoms with van der Waals surface area (Å²) in [5, 5.41) is 2.69. The van der Waals surface area contributed by atoms with Crippen molar-refractivity contribution in [2.75, 3.05) is 77.7 Å². The lowest BCUT2D eigenvalue weighted by Gasteiger charge is -2.41. The van der Waals surface area contributed by atoms with Gasteiger partial charge < -0.3 is 24.0 Å². The number of rotatable bonds is 13. The number of ether oxygens (including phenoxy) is 1. The Morgan fingerprint density at radius 1 is 0.979 bits per heavy atom. The van der Waals surface area contributed by atoms with Crippen LogP contribution < -0.4 is 20.4 Å². The number of benzene rings is 2. The number of fused-ring (bicyclic) bond motifs is 1. The van der Waals surface area contributed by atoms with Crippen molar-refractivity contribution < 1.29 is 22.8 Å². The first-order valence-corrected chi connectivity index (χ1v) is 16.7. The standard InChI is InChI=1S/C37H46F2N6O3/c1-26-21-30(11-13-33(26)48-20-10-8-6-7-9-17-45(5)18-15-43(4)16-19-45)44-25-32(37(47)40-29-23-27(38)22-28(39)24-29)35(46)31-12-14-34(42(2)3)41-36(31)44/h11-14,21-25H,6-10,15-20H2,1-5H3/p+1. The monoisotopic (exact) mass is 661 g/mol. The molecule has 0 spiro atoms. The van der Waals surface area contributed by atoms with Crippen molar-refractivity contribution in [3.8, 4) is 11.4 Å². The maximum Gasteiger partial charge on any atom is 0.261 e. The molecule has 48 heavy (non-hydrogen) atoms. The van der Waals surface area contributed by atoms with Gasteiger partial charge in [0.15, 0.2) is 5.65 Å². The van der Waals surface area contributed by atoms with E-state index in [1.165, 1.54) is 62.7 Å². The van der Waals surface area contributed by atoms with Crippen molar-refractivity contribution in [2.24, 2.45) is 0 Å². The zero-order chi connectivity index (χ0) is 34.4. The summed E-state index contributed by atoms with van der Waals surface area (Å²) < 4.78 is 36.6. The van der Waals surface area contributed by atoms with E-state index in [-0.39, 0.29) is 16.6 Å². The number of halogens is 2. The van der Waals surface area contributed by atoms with Crippen LogP contribution in [0.4, 0.5) is 20.3 Å². The Morgan fingerprint density at radius 2 is 1.67 bits per heavy atom. The zero-order valence-electron chi connectivity index (χ0n) is 28.7. The number of aromatic nitrogens is 2. The highest BCUT2D eigenvalue weighted by Gasteiger charge is 2.26. The molecule has 0 saturated carbocycles. The highest BCUT2D eigenvalue weighted by atomic mass is 19.1. The van der Waals surface area contributed by atoms with Crippen LogP contribution >= 0.6 is 0 Å². The molecule has 2 aromatic heterocycles. The number of likely N-dealkylation sites (N-methyl/N-ethyl adjacent to an activating group) is 2. The number of amides is 1. The van der Waals surface area contributed by atoms with Crippen LogP contribution in [0.5, 0.6) is 5.75 Å². The summed E-state index contributed by atoms with van der Waals surface area (Å²) in [6, 6.07) is 11.7. The van der Waals surface area contributed by atoms with E-state index in [2.05, 4.69) is 24.3 Å². The number of nitrogens with zero attached hydrogens (tertiary/aromatic N) is 5. The maximum absolute atomic E-state index is 13.8. The van der Waals surface area contributed by atoms with E-state index in [4.69, 9.17) is 9.72 Å². The Kier molecular flexibility index (Phi) is 11.1. The van der Waals surface area contributed by atoms with Gasteiger partial charge in [0.05, 0.1) is 38.7 Å². The van der Waals surface area contributed by atoms with Crippen molar-refractivity contribution in [1.82, 2.24) is 14.5 Å². The molecule has 11 heteroatoms. The Bertz CT molecular complexity index is 1800. The molecule has 1 N–H and O–H groups in total. The number of nitrogens with one attached hydrogen (secondary N) is 1. The van der Waals surface area contributed by atoms with Gasteiger partial charge in [0.1, 0.15) is 28.8 Å². The largest absolute Gasteiger partial charge is 0.493 e. The summed E-state index contributed by atoms with van der Waals surface area (Å²) in [7, 11) is 8.29. The molecule has 0 unspecified atom stereocenters. The molecule has 256 valence electrons. The van der Waals surface area contributed by atoms with Crippen LogP contribution in [0.1, 0.15) is 48.0 Å². The third-order valence-corrected chi connectivity index (χ3v) is 9.24. The van der Waals surface area contributed by atoms with E-state index in [0.29, 0.717) is 29.8 Å². The molecule has 3 heterocycles. The fourth-order valence-corrected chi connectivity index (χ4v) is 6.15. The first-order valence-electron chi connectivity index (χ1n) is 16.7. The van der Waals surface area contributed by atoms with Crippen LogP contribution in [0.3, 0.4) is 0 Å². The number of hydrogen-bond acceptors (Lipinski definition) is 6. The molecule has 1 aliphatic heterocycles. The maximum atomic E-state index is 13.8. The molecule has 4 aromatic rings. The van der Waals surface area contributed by atoms with Crippen molar-refractivity contribution in [3.05, 3.63) is 87.7 Å². The lowest BCUT2D eigenvalue weighted by molar-refractivity contribution is -0.913. The molecule has 0 atom stereocenters. The molecule has 1 fully saturated rings. The SMILES string of the molecule is Cc1cc(-n2cc(C(=O)Nc3cc(F)cc(F)c3)c(=O)c3ccc(N(C)C)nc32)ccc1OCCCCCCC[N+]1(C)CCN(C)CC1. The fraction of sp³-hybridized carbons (Fsp3) is 0.432. The summed E-state index contributed by atoms with van der Waals surface area (Å²) in [4.78, 5) is 35.8. The second-order valence-corrected chi connectivity index (χ2v) is 13.4. The van der Waals surface area contributed by atoms with E-state index in [9.17, 15) is 18.4 Å². The highest BCUT2D eigenvalue weighted by Crippen LogP contribution is 2.26. The minimum Gasteiger partial charge on any atom is -0.493 e. The summed E-state index contributed by atoms with van der Waals surface area (Å²) in [6.07, 6.45) is 7.23. The topological polar surface area (TPSA) is 79.7 Å². The molecular weight excluding hydrogens is 614 g/mol. The van der Waals surface area contributed by atoms with Gasteiger partial charge in [-0.05, 0) is 81.3 Å². The molecule has 0 radical (unpaired) electrons. The van der Waals surface area contributed by atoms with Gasteiger partial charge in [-0.2, -0.15) is 0 Å². The molecular formula is C37H47F2N6O3+. The Hall–Kier alpha value is -4.35. The Morgan fingerprint density at radius 3 is 2.35 bits per heavy atom. The van der Waals surface area contributed by atoms with Gasteiger partial charge in [-0.3, -0.25) is 14.5 Å². The summed E-state index contributed by atoms with van der Waals surface area (Å²) in [5.74, 6) is -1.07. The fourth-order valence-electron chi connectivity index (χ4n) is 6.15. The molecule has 1 saturated heterocycles. The Labute approximate surface area is 281 Å². The molecule has 5 rings (SSSR count). The predicted molar refractivity (Wildman–Crippen MR) is 188 cm³/mol. The second kappa shape index (κ2) is 15.3. The minimum absolute atomic E-state index is 0.0942. The molecule has 2 aromatic carbocycles. The van der Waals surface area contributed by atoms with Gasteiger partial charge in [-0.15, -0.1) is 0 Å². The number of carbonyl (C=O) groups excluding carboxylic acids is 1. The number of anilines is 2. The normalized spacial score (nSPS) is 14.6. The van der Waals surface area contributed by atoms with E-state index < -0.39 is 23.0 Å². The van der Waals surface area contributed by atoms with E-state index in [1.807, 2.05) is 44.1 Å². The lowest BCUT2D eigenvalue weighted by Crippen LogP contribution is -2.56. The van der Waals surface area contributed by atoms with Crippen LogP contribution in [0.2, 0.25) is 0 Å². The van der Waals surface area contributed by atoms with Crippen molar-refractivity contribution in [1.29, 1.82) is 0 Å². The van der Waals surface area contributed by atoms with Gasteiger partial charge in [0.25, 0.3) is 5.91 Å². The summed E-state index contributed by atoms with van der Waals surface area (Å²) in [5.41, 5.74) is 1.12. The molecule has 0 bridgehead atoms. The zero-order valence-corrected chi connectivity index (χ0v) is 28.7. The summed E-state index contributed by atoms with van der Waals surface area (Å²) >= 11 is 0. The smallest absolute Gasteiger partial charge is 0.261 e. The van der Waals surface area contributed by atoms with Crippen molar-refractivity contribution in [2.45, 2.75) is 39.0 Å². The lowest BCUT2D eigenvalue weighted by atomic mass is 10.1. The quantitative estimate of drug-likeness (QED) is 0.140. The van der Waals surface area contributed by atoms with Crippen molar-refractivity contribution in [3.63, 3.8) is 0 Å². The average molecular weight is 662 g/mol. The second-order valence-electron chi connectivity index (χ2n) is 13.4. The third kappa shape index (κ3) is 8.56. The van der Waals surface area contributed by atoms with Crippen LogP contribution in [0.15, 0.2) is 59.5 Å². The van der Waals surface area contributed by atoms with Crippen LogP contribution in [-0.2, 0) is 0 Å². The van der Waals surface area contributed by atoms with Gasteiger partial charge in [-0.1, -0.05) is 12.8 Å². The number of quaternary nitrogens is 1. The van der Waals surface area contributed by atoms with E-state index in [0.717, 1.165) is 36.3 Å². The van der Waals surface area contributed by atoms with Gasteiger partial charge in [-0.25, -0.2) is 13.8 Å². The van der Waals surface area contributed by atoms with Crippen LogP contribution in [0, 0.1) is 18.6 Å². The first-order chi connectivity index (χ1) is 22.9. The number of hydrogen-bond donors (Lipinski definition) is 1. The number of aryl methyl sites for hydroxylation is 1. The number of pyridine rings is 2. The highest BCUT2D eigenvalue weighted by molar-refractivity contribution is 6.05. The molecule has 1 amide bonds. The number of unbranched alkanes of at least 4 members (excludes halogenated alkanes) is 4. The van der Waals surface area contributed by atoms with Crippen molar-refractivity contribution >= 4 is 28.4 Å². The summed E-state index contributed by atoms with van der Waals surface area (Å²) in [6.45, 7) is 8.68. The predicted octanol–water partition coefficient (Wildman–Crippen LogP) is 6.01. The Balaban J connectivity index is 1.27. The van der Waals surface area contributed by atoms with Gasteiger partial charge in [0.2, 0.25) is 5.43 Å². The minimum atomic E-state index is -0.841. The molecule has 1 aliphatic rings. The molecule has 0 aliphatic carbocycles. The van der Waals surface area contributed by atoms with E-state index >= 15 is 0 Å². The first kappa shape index (κ1) is 35.0. The van der Waals surface area contributed by atoms with Crippen LogP contribution in [-0.4, -0.2) is 92.4 Å². The van der Waals surface area contributed by atoms with E-state index in [1.54, 1.807) is 16.7 Å².